The first-order valence-electron chi connectivity index (χ1n) is 7.91. The van der Waals surface area contributed by atoms with Gasteiger partial charge in [0.2, 0.25) is 0 Å². The molecule has 1 unspecified atom stereocenters. The Morgan fingerprint density at radius 1 is 1.29 bits per heavy atom. The van der Waals surface area contributed by atoms with E-state index >= 15 is 0 Å². The maximum absolute atomic E-state index is 6.03. The zero-order chi connectivity index (χ0) is 16.5. The Bertz CT molecular complexity index is 848. The summed E-state index contributed by atoms with van der Waals surface area (Å²) in [4.78, 5) is 6.81. The van der Waals surface area contributed by atoms with Crippen molar-refractivity contribution in [3.05, 3.63) is 41.7 Å². The average Bonchev–Trinajstić information content (AvgIpc) is 3.10. The first kappa shape index (κ1) is 15.4. The topological polar surface area (TPSA) is 80.1 Å². The highest BCUT2D eigenvalue weighted by Crippen LogP contribution is 2.37. The number of nitrogens with two attached hydrogens (primary N) is 1. The maximum Gasteiger partial charge on any atom is 0.157 e. The Balaban J connectivity index is 1.86. The molecule has 0 radical (unpaired) electrons. The number of rotatable bonds is 3. The predicted molar refractivity (Wildman–Crippen MR) is 95.3 cm³/mol. The van der Waals surface area contributed by atoms with Crippen molar-refractivity contribution in [2.24, 2.45) is 5.73 Å². The van der Waals surface area contributed by atoms with E-state index in [-0.39, 0.29) is 6.10 Å². The number of morpholine rings is 1. The second-order valence-corrected chi connectivity index (χ2v) is 6.27. The minimum Gasteiger partial charge on any atom is -0.373 e. The zero-order valence-electron chi connectivity index (χ0n) is 13.1. The smallest absolute Gasteiger partial charge is 0.157 e. The van der Waals surface area contributed by atoms with Crippen molar-refractivity contribution in [2.75, 3.05) is 31.1 Å². The molecule has 1 aromatic carbocycles. The number of fused-ring (bicyclic) bond motifs is 1. The van der Waals surface area contributed by atoms with E-state index in [1.165, 1.54) is 0 Å². The summed E-state index contributed by atoms with van der Waals surface area (Å²) in [6.45, 7) is 2.72. The Morgan fingerprint density at radius 2 is 2.12 bits per heavy atom. The minimum atomic E-state index is 0.0342. The molecule has 3 N–H and O–H groups in total. The number of aromatic nitrogens is 3. The molecule has 0 amide bonds. The molecular weight excluding hydrogens is 326 g/mol. The van der Waals surface area contributed by atoms with Crippen LogP contribution in [0.2, 0.25) is 5.02 Å². The summed E-state index contributed by atoms with van der Waals surface area (Å²) in [5.41, 5.74) is 9.81. The number of anilines is 1. The number of halogens is 1. The molecule has 1 saturated heterocycles. The van der Waals surface area contributed by atoms with Crippen LogP contribution in [0.1, 0.15) is 0 Å². The summed E-state index contributed by atoms with van der Waals surface area (Å²) < 4.78 is 5.71. The molecule has 1 fully saturated rings. The summed E-state index contributed by atoms with van der Waals surface area (Å²) in [5.74, 6) is 0. The van der Waals surface area contributed by atoms with Crippen LogP contribution < -0.4 is 10.6 Å². The number of ether oxygens (including phenoxy) is 1. The number of benzene rings is 1. The van der Waals surface area contributed by atoms with Crippen molar-refractivity contribution in [1.82, 2.24) is 15.2 Å². The van der Waals surface area contributed by atoms with Crippen LogP contribution in [0.25, 0.3) is 22.2 Å². The molecule has 2 aromatic heterocycles. The zero-order valence-corrected chi connectivity index (χ0v) is 13.8. The molecule has 0 aliphatic carbocycles. The second-order valence-electron chi connectivity index (χ2n) is 5.83. The highest BCUT2D eigenvalue weighted by molar-refractivity contribution is 6.30. The van der Waals surface area contributed by atoms with E-state index < -0.39 is 0 Å². The molecule has 0 spiro atoms. The molecule has 1 aliphatic heterocycles. The molecule has 24 heavy (non-hydrogen) atoms. The first-order chi connectivity index (χ1) is 11.8. The molecule has 3 aromatic rings. The van der Waals surface area contributed by atoms with Gasteiger partial charge in [0.05, 0.1) is 30.0 Å². The second kappa shape index (κ2) is 6.39. The molecule has 1 aliphatic rings. The van der Waals surface area contributed by atoms with E-state index in [2.05, 4.69) is 20.1 Å². The van der Waals surface area contributed by atoms with Gasteiger partial charge in [-0.2, -0.15) is 5.10 Å². The number of nitrogens with zero attached hydrogens (tertiary/aromatic N) is 3. The lowest BCUT2D eigenvalue weighted by Crippen LogP contribution is -2.46. The van der Waals surface area contributed by atoms with E-state index in [9.17, 15) is 0 Å². The van der Waals surface area contributed by atoms with Gasteiger partial charge in [-0.1, -0.05) is 23.7 Å². The van der Waals surface area contributed by atoms with E-state index in [0.717, 1.165) is 40.9 Å². The lowest BCUT2D eigenvalue weighted by molar-refractivity contribution is 0.0467. The van der Waals surface area contributed by atoms with Gasteiger partial charge in [0.25, 0.3) is 0 Å². The van der Waals surface area contributed by atoms with Crippen LogP contribution in [0.4, 0.5) is 5.69 Å². The average molecular weight is 344 g/mol. The fraction of sp³-hybridized carbons (Fsp3) is 0.294. The molecule has 0 saturated carbocycles. The third kappa shape index (κ3) is 2.73. The van der Waals surface area contributed by atoms with Crippen LogP contribution in [0.15, 0.2) is 36.7 Å². The Labute approximate surface area is 144 Å². The summed E-state index contributed by atoms with van der Waals surface area (Å²) >= 11 is 6.03. The fourth-order valence-electron chi connectivity index (χ4n) is 3.13. The van der Waals surface area contributed by atoms with Crippen LogP contribution in [0.5, 0.6) is 0 Å². The van der Waals surface area contributed by atoms with Crippen molar-refractivity contribution >= 4 is 28.3 Å². The van der Waals surface area contributed by atoms with Gasteiger partial charge in [-0.15, -0.1) is 0 Å². The van der Waals surface area contributed by atoms with E-state index in [4.69, 9.17) is 22.1 Å². The standard InChI is InChI=1S/C17H18ClN5O/c18-12-3-1-11(2-4-12)14-8-20-17-15(9-21-22-17)16(14)23-5-6-24-13(7-19)10-23/h1-4,8-9,13H,5-7,10,19H2,(H,20,21,22). The summed E-state index contributed by atoms with van der Waals surface area (Å²) in [6, 6.07) is 7.80. The number of H-pyrrole nitrogens is 1. The Hall–Kier alpha value is -2.15. The molecule has 7 heteroatoms. The van der Waals surface area contributed by atoms with Gasteiger partial charge in [-0.25, -0.2) is 4.98 Å². The molecule has 1 atom stereocenters. The molecule has 4 rings (SSSR count). The largest absolute Gasteiger partial charge is 0.373 e. The first-order valence-corrected chi connectivity index (χ1v) is 8.28. The van der Waals surface area contributed by atoms with E-state index in [0.29, 0.717) is 18.2 Å². The van der Waals surface area contributed by atoms with Gasteiger partial charge >= 0.3 is 0 Å². The number of nitrogens with one attached hydrogen (secondary N) is 1. The highest BCUT2D eigenvalue weighted by atomic mass is 35.5. The Kier molecular flexibility index (Phi) is 4.10. The summed E-state index contributed by atoms with van der Waals surface area (Å²) in [7, 11) is 0. The van der Waals surface area contributed by atoms with Gasteiger partial charge in [0, 0.05) is 36.4 Å². The van der Waals surface area contributed by atoms with Gasteiger partial charge in [0.1, 0.15) is 0 Å². The molecule has 0 bridgehead atoms. The number of hydrogen-bond donors (Lipinski definition) is 2. The minimum absolute atomic E-state index is 0.0342. The predicted octanol–water partition coefficient (Wildman–Crippen LogP) is 2.44. The highest BCUT2D eigenvalue weighted by Gasteiger charge is 2.24. The monoisotopic (exact) mass is 343 g/mol. The number of aromatic amines is 1. The van der Waals surface area contributed by atoms with Crippen molar-refractivity contribution in [3.8, 4) is 11.1 Å². The van der Waals surface area contributed by atoms with Crippen LogP contribution >= 0.6 is 11.6 Å². The number of pyridine rings is 1. The van der Waals surface area contributed by atoms with Crippen LogP contribution in [-0.4, -0.2) is 47.5 Å². The van der Waals surface area contributed by atoms with Crippen molar-refractivity contribution in [2.45, 2.75) is 6.10 Å². The Morgan fingerprint density at radius 3 is 2.92 bits per heavy atom. The van der Waals surface area contributed by atoms with E-state index in [1.54, 1.807) is 0 Å². The molecule has 124 valence electrons. The van der Waals surface area contributed by atoms with Crippen molar-refractivity contribution in [3.63, 3.8) is 0 Å². The molecule has 6 nitrogen and oxygen atoms in total. The van der Waals surface area contributed by atoms with E-state index in [1.807, 2.05) is 36.7 Å². The van der Waals surface area contributed by atoms with Crippen molar-refractivity contribution in [1.29, 1.82) is 0 Å². The SMILES string of the molecule is NCC1CN(c2c(-c3ccc(Cl)cc3)cnc3[nH]ncc23)CCO1. The van der Waals surface area contributed by atoms with Crippen LogP contribution in [0.3, 0.4) is 0 Å². The van der Waals surface area contributed by atoms with Gasteiger partial charge in [-0.3, -0.25) is 5.10 Å². The maximum atomic E-state index is 6.03. The molecule has 3 heterocycles. The molecular formula is C17H18ClN5O. The van der Waals surface area contributed by atoms with Crippen molar-refractivity contribution < 1.29 is 4.74 Å². The quantitative estimate of drug-likeness (QED) is 0.763. The lowest BCUT2D eigenvalue weighted by Gasteiger charge is -2.35. The fourth-order valence-corrected chi connectivity index (χ4v) is 3.26. The van der Waals surface area contributed by atoms with Crippen LogP contribution in [-0.2, 0) is 4.74 Å². The summed E-state index contributed by atoms with van der Waals surface area (Å²) in [6.07, 6.45) is 3.74. The van der Waals surface area contributed by atoms with Gasteiger partial charge in [-0.05, 0) is 17.7 Å². The number of hydrogen-bond acceptors (Lipinski definition) is 5. The summed E-state index contributed by atoms with van der Waals surface area (Å²) in [5, 5.41) is 8.82. The van der Waals surface area contributed by atoms with Crippen LogP contribution in [0, 0.1) is 0 Å². The third-order valence-electron chi connectivity index (χ3n) is 4.33. The normalized spacial score (nSPS) is 18.2. The third-order valence-corrected chi connectivity index (χ3v) is 4.58. The lowest BCUT2D eigenvalue weighted by atomic mass is 10.0. The van der Waals surface area contributed by atoms with Gasteiger partial charge in [0.15, 0.2) is 5.65 Å². The van der Waals surface area contributed by atoms with Gasteiger partial charge < -0.3 is 15.4 Å².